The van der Waals surface area contributed by atoms with Gasteiger partial charge in [-0.05, 0) is 105 Å². The zero-order chi connectivity index (χ0) is 25.5. The molecule has 0 saturated heterocycles. The predicted octanol–water partition coefficient (Wildman–Crippen LogP) is 5.68. The molecule has 34 heavy (non-hydrogen) atoms. The smallest absolute Gasteiger partial charge is 0.159 e. The molecule has 9 unspecified atom stereocenters. The van der Waals surface area contributed by atoms with Crippen molar-refractivity contribution >= 4 is 5.78 Å². The van der Waals surface area contributed by atoms with Gasteiger partial charge in [0.25, 0.3) is 0 Å². The van der Waals surface area contributed by atoms with Crippen LogP contribution in [0.15, 0.2) is 11.6 Å². The summed E-state index contributed by atoms with van der Waals surface area (Å²) in [5.41, 5.74) is 0.0431. The minimum absolute atomic E-state index is 0.0214. The summed E-state index contributed by atoms with van der Waals surface area (Å²) in [5.74, 6) is 1.58. The third-order valence-electron chi connectivity index (χ3n) is 12.0. The highest BCUT2D eigenvalue weighted by Crippen LogP contribution is 2.73. The summed E-state index contributed by atoms with van der Waals surface area (Å²) in [5, 5.41) is 31.3. The number of hydrogen-bond acceptors (Lipinski definition) is 4. The molecule has 3 N–H and O–H groups in total. The highest BCUT2D eigenvalue weighted by Gasteiger charge is 2.66. The van der Waals surface area contributed by atoms with Gasteiger partial charge in [-0.15, -0.1) is 0 Å². The molecule has 0 spiro atoms. The Morgan fingerprint density at radius 3 is 2.29 bits per heavy atom. The Balaban J connectivity index is 1.63. The molecule has 0 bridgehead atoms. The number of ketones is 1. The van der Waals surface area contributed by atoms with Crippen molar-refractivity contribution in [3.8, 4) is 0 Å². The molecule has 194 valence electrons. The number of rotatable bonds is 5. The summed E-state index contributed by atoms with van der Waals surface area (Å²) in [6.45, 7) is 17.1. The Morgan fingerprint density at radius 1 is 1.03 bits per heavy atom. The largest absolute Gasteiger partial charge is 0.393 e. The Morgan fingerprint density at radius 2 is 1.68 bits per heavy atom. The van der Waals surface area contributed by atoms with Crippen molar-refractivity contribution in [2.75, 3.05) is 0 Å². The fraction of sp³-hybridized carbons (Fsp3) is 0.900. The van der Waals surface area contributed by atoms with Crippen LogP contribution in [0.2, 0.25) is 0 Å². The monoisotopic (exact) mass is 474 g/mol. The van der Waals surface area contributed by atoms with Crippen LogP contribution in [0.1, 0.15) is 107 Å². The third kappa shape index (κ3) is 3.60. The lowest BCUT2D eigenvalue weighted by Gasteiger charge is -2.63. The van der Waals surface area contributed by atoms with Gasteiger partial charge < -0.3 is 15.3 Å². The van der Waals surface area contributed by atoms with Crippen molar-refractivity contribution in [1.29, 1.82) is 0 Å². The van der Waals surface area contributed by atoms with E-state index in [2.05, 4.69) is 41.5 Å². The molecule has 4 nitrogen and oxygen atoms in total. The highest BCUT2D eigenvalue weighted by atomic mass is 16.3. The predicted molar refractivity (Wildman–Crippen MR) is 136 cm³/mol. The minimum Gasteiger partial charge on any atom is -0.393 e. The fourth-order valence-electron chi connectivity index (χ4n) is 9.52. The van der Waals surface area contributed by atoms with Crippen LogP contribution in [0.5, 0.6) is 0 Å². The quantitative estimate of drug-likeness (QED) is 0.479. The molecule has 4 aliphatic rings. The Bertz CT molecular complexity index is 852. The number of hydrogen-bond donors (Lipinski definition) is 3. The van der Waals surface area contributed by atoms with Gasteiger partial charge in [0.15, 0.2) is 5.78 Å². The zero-order valence-corrected chi connectivity index (χ0v) is 22.9. The van der Waals surface area contributed by atoms with Crippen LogP contribution in [0, 0.1) is 45.3 Å². The van der Waals surface area contributed by atoms with E-state index in [1.54, 1.807) is 13.8 Å². The van der Waals surface area contributed by atoms with E-state index in [0.717, 1.165) is 38.5 Å². The third-order valence-corrected chi connectivity index (χ3v) is 12.0. The van der Waals surface area contributed by atoms with E-state index in [4.69, 9.17) is 0 Å². The standard InChI is InChI=1S/C30H50O4/c1-18(9-10-24(33)27(4,5)34)19-11-15-30(8)21-17-22(31)25-26(2,3)23(32)13-14-28(25,6)20(21)12-16-29(19,30)7/h17-20,23-25,32-34H,9-16H2,1-8H3. The zero-order valence-electron chi connectivity index (χ0n) is 22.9. The SMILES string of the molecule is CC(CCC(O)C(C)(C)O)C1CCC2(C)C3=CC(=O)C4C(C)(C)C(O)CCC4(C)C3CCC12C. The van der Waals surface area contributed by atoms with Crippen molar-refractivity contribution in [2.45, 2.75) is 125 Å². The van der Waals surface area contributed by atoms with Crippen LogP contribution in [0.4, 0.5) is 0 Å². The average molecular weight is 475 g/mol. The fourth-order valence-corrected chi connectivity index (χ4v) is 9.52. The summed E-state index contributed by atoms with van der Waals surface area (Å²) in [4.78, 5) is 13.7. The molecule has 0 heterocycles. The Kier molecular flexibility index (Phi) is 6.32. The maximum Gasteiger partial charge on any atom is 0.159 e. The molecule has 0 aromatic rings. The van der Waals surface area contributed by atoms with Crippen molar-refractivity contribution in [1.82, 2.24) is 0 Å². The molecule has 4 aliphatic carbocycles. The Labute approximate surface area is 207 Å². The first kappa shape index (κ1) is 26.4. The molecule has 3 saturated carbocycles. The molecule has 0 amide bonds. The molecule has 4 heteroatoms. The average Bonchev–Trinajstić information content (AvgIpc) is 3.00. The molecule has 9 atom stereocenters. The Hall–Kier alpha value is -0.710. The molecule has 0 radical (unpaired) electrons. The van der Waals surface area contributed by atoms with Crippen molar-refractivity contribution in [3.63, 3.8) is 0 Å². The van der Waals surface area contributed by atoms with Crippen LogP contribution in [-0.2, 0) is 4.79 Å². The maximum atomic E-state index is 13.7. The number of aliphatic hydroxyl groups excluding tert-OH is 2. The first-order chi connectivity index (χ1) is 15.5. The lowest BCUT2D eigenvalue weighted by atomic mass is 9.40. The molecular weight excluding hydrogens is 424 g/mol. The molecule has 3 fully saturated rings. The summed E-state index contributed by atoms with van der Waals surface area (Å²) < 4.78 is 0. The number of allylic oxidation sites excluding steroid dienone is 2. The number of aliphatic hydroxyl groups is 3. The highest BCUT2D eigenvalue weighted by molar-refractivity contribution is 5.95. The van der Waals surface area contributed by atoms with Crippen molar-refractivity contribution in [3.05, 3.63) is 11.6 Å². The molecule has 0 aromatic carbocycles. The van der Waals surface area contributed by atoms with Gasteiger partial charge in [0.05, 0.1) is 17.8 Å². The first-order valence-electron chi connectivity index (χ1n) is 13.8. The lowest BCUT2D eigenvalue weighted by molar-refractivity contribution is -0.157. The topological polar surface area (TPSA) is 77.8 Å². The molecule has 4 rings (SSSR count). The van der Waals surface area contributed by atoms with Gasteiger partial charge >= 0.3 is 0 Å². The van der Waals surface area contributed by atoms with E-state index in [0.29, 0.717) is 24.2 Å². The van der Waals surface area contributed by atoms with E-state index in [9.17, 15) is 20.1 Å². The van der Waals surface area contributed by atoms with Gasteiger partial charge in [0, 0.05) is 11.3 Å². The van der Waals surface area contributed by atoms with Crippen LogP contribution in [0.25, 0.3) is 0 Å². The van der Waals surface area contributed by atoms with Crippen molar-refractivity contribution < 1.29 is 20.1 Å². The summed E-state index contributed by atoms with van der Waals surface area (Å²) in [6, 6.07) is 0. The van der Waals surface area contributed by atoms with Crippen LogP contribution >= 0.6 is 0 Å². The summed E-state index contributed by atoms with van der Waals surface area (Å²) in [6.07, 6.45) is 8.75. The summed E-state index contributed by atoms with van der Waals surface area (Å²) in [7, 11) is 0. The number of fused-ring (bicyclic) bond motifs is 5. The van der Waals surface area contributed by atoms with E-state index < -0.39 is 17.8 Å². The van der Waals surface area contributed by atoms with Gasteiger partial charge in [-0.3, -0.25) is 4.79 Å². The second-order valence-corrected chi connectivity index (χ2v) is 14.5. The maximum absolute atomic E-state index is 13.7. The minimum atomic E-state index is -1.06. The summed E-state index contributed by atoms with van der Waals surface area (Å²) >= 11 is 0. The molecule has 0 aliphatic heterocycles. The van der Waals surface area contributed by atoms with Gasteiger partial charge in [-0.2, -0.15) is 0 Å². The van der Waals surface area contributed by atoms with E-state index >= 15 is 0 Å². The first-order valence-corrected chi connectivity index (χ1v) is 13.8. The number of carbonyl (C=O) groups is 1. The lowest BCUT2D eigenvalue weighted by Crippen LogP contribution is -2.60. The van der Waals surface area contributed by atoms with E-state index in [1.807, 2.05) is 6.08 Å². The van der Waals surface area contributed by atoms with Gasteiger partial charge in [0.1, 0.15) is 0 Å². The van der Waals surface area contributed by atoms with Gasteiger partial charge in [-0.25, -0.2) is 0 Å². The molecular formula is C30H50O4. The van der Waals surface area contributed by atoms with Crippen LogP contribution in [-0.4, -0.2) is 38.9 Å². The van der Waals surface area contributed by atoms with Gasteiger partial charge in [-0.1, -0.05) is 47.1 Å². The second-order valence-electron chi connectivity index (χ2n) is 14.5. The number of carbonyl (C=O) groups excluding carboxylic acids is 1. The van der Waals surface area contributed by atoms with E-state index in [-0.39, 0.29) is 33.4 Å². The van der Waals surface area contributed by atoms with Crippen LogP contribution < -0.4 is 0 Å². The van der Waals surface area contributed by atoms with Gasteiger partial charge in [0.2, 0.25) is 0 Å². The van der Waals surface area contributed by atoms with Crippen LogP contribution in [0.3, 0.4) is 0 Å². The normalized spacial score (nSPS) is 45.6. The van der Waals surface area contributed by atoms with Crippen molar-refractivity contribution in [2.24, 2.45) is 45.3 Å². The molecule has 0 aromatic heterocycles. The van der Waals surface area contributed by atoms with E-state index in [1.165, 1.54) is 12.0 Å². The second kappa shape index (κ2) is 8.15.